The van der Waals surface area contributed by atoms with E-state index in [2.05, 4.69) is 20.3 Å². The van der Waals surface area contributed by atoms with Crippen LogP contribution >= 0.6 is 0 Å². The molecule has 1 aromatic carbocycles. The Morgan fingerprint density at radius 3 is 2.61 bits per heavy atom. The first-order valence-electron chi connectivity index (χ1n) is 8.45. The van der Waals surface area contributed by atoms with E-state index in [1.165, 1.54) is 17.3 Å². The average molecular weight is 379 g/mol. The van der Waals surface area contributed by atoms with Crippen molar-refractivity contribution in [2.45, 2.75) is 0 Å². The Hall–Kier alpha value is -3.85. The Morgan fingerprint density at radius 1 is 1.14 bits per heavy atom. The van der Waals surface area contributed by atoms with Gasteiger partial charge in [0.15, 0.2) is 0 Å². The first kappa shape index (κ1) is 18.9. The summed E-state index contributed by atoms with van der Waals surface area (Å²) in [6, 6.07) is 14.1. The summed E-state index contributed by atoms with van der Waals surface area (Å²) >= 11 is 0. The molecular formula is C19H21N7O2. The molecule has 0 radical (unpaired) electrons. The van der Waals surface area contributed by atoms with Crippen LogP contribution in [0.5, 0.6) is 17.4 Å². The first-order valence-corrected chi connectivity index (χ1v) is 8.45. The summed E-state index contributed by atoms with van der Waals surface area (Å²) in [4.78, 5) is 12.6. The van der Waals surface area contributed by atoms with Crippen LogP contribution in [0.15, 0.2) is 66.6 Å². The summed E-state index contributed by atoms with van der Waals surface area (Å²) in [6.07, 6.45) is 2.91. The number of rotatable bonds is 7. The molecule has 0 saturated carbocycles. The molecule has 9 heteroatoms. The van der Waals surface area contributed by atoms with Crippen molar-refractivity contribution < 1.29 is 9.84 Å². The first-order chi connectivity index (χ1) is 13.5. The maximum Gasteiger partial charge on any atom is 0.226 e. The topological polar surface area (TPSA) is 135 Å². The molecule has 3 rings (SSSR count). The van der Waals surface area contributed by atoms with E-state index in [1.54, 1.807) is 25.4 Å². The second-order valence-electron chi connectivity index (χ2n) is 5.86. The van der Waals surface area contributed by atoms with Gasteiger partial charge in [0.05, 0.1) is 29.8 Å². The largest absolute Gasteiger partial charge is 0.506 e. The molecule has 0 atom stereocenters. The zero-order valence-corrected chi connectivity index (χ0v) is 15.3. The highest BCUT2D eigenvalue weighted by Gasteiger charge is 2.11. The Kier molecular flexibility index (Phi) is 5.87. The molecule has 0 aliphatic heterocycles. The van der Waals surface area contributed by atoms with Gasteiger partial charge in [0.2, 0.25) is 11.8 Å². The predicted octanol–water partition coefficient (Wildman–Crippen LogP) is 1.91. The summed E-state index contributed by atoms with van der Waals surface area (Å²) in [5.74, 6) is 7.41. The number of nitrogens with zero attached hydrogens (tertiary/aromatic N) is 4. The van der Waals surface area contributed by atoms with Gasteiger partial charge < -0.3 is 25.9 Å². The average Bonchev–Trinajstić information content (AvgIpc) is 2.69. The van der Waals surface area contributed by atoms with Gasteiger partial charge in [-0.2, -0.15) is 4.98 Å². The third-order valence-electron chi connectivity index (χ3n) is 3.77. The predicted molar refractivity (Wildman–Crippen MR) is 106 cm³/mol. The van der Waals surface area contributed by atoms with Crippen molar-refractivity contribution in [2.75, 3.05) is 18.9 Å². The van der Waals surface area contributed by atoms with E-state index in [4.69, 9.17) is 16.3 Å². The van der Waals surface area contributed by atoms with Gasteiger partial charge in [0.1, 0.15) is 11.5 Å². The van der Waals surface area contributed by atoms with Crippen LogP contribution in [0.4, 0.5) is 5.95 Å². The number of pyridine rings is 1. The number of aromatic nitrogens is 3. The summed E-state index contributed by atoms with van der Waals surface area (Å²) < 4.78 is 5.70. The molecule has 0 aliphatic carbocycles. The van der Waals surface area contributed by atoms with Gasteiger partial charge in [-0.05, 0) is 24.3 Å². The molecule has 28 heavy (non-hydrogen) atoms. The molecular weight excluding hydrogens is 358 g/mol. The normalized spacial score (nSPS) is 11.5. The van der Waals surface area contributed by atoms with Crippen molar-refractivity contribution in [3.8, 4) is 17.4 Å². The molecule has 9 nitrogen and oxygen atoms in total. The molecule has 144 valence electrons. The van der Waals surface area contributed by atoms with Crippen molar-refractivity contribution in [3.05, 3.63) is 72.3 Å². The number of benzene rings is 1. The van der Waals surface area contributed by atoms with E-state index in [1.807, 2.05) is 30.3 Å². The van der Waals surface area contributed by atoms with E-state index in [9.17, 15) is 5.11 Å². The van der Waals surface area contributed by atoms with E-state index in [0.29, 0.717) is 34.7 Å². The minimum Gasteiger partial charge on any atom is -0.506 e. The number of aromatic hydroxyl groups is 1. The van der Waals surface area contributed by atoms with Crippen LogP contribution < -0.4 is 21.6 Å². The fourth-order valence-electron chi connectivity index (χ4n) is 2.36. The second kappa shape index (κ2) is 8.69. The molecule has 3 aromatic rings. The molecule has 0 amide bonds. The number of likely N-dealkylation sites (N-methyl/N-ethyl adjacent to an activating group) is 1. The quantitative estimate of drug-likeness (QED) is 0.358. The van der Waals surface area contributed by atoms with Gasteiger partial charge in [0.25, 0.3) is 0 Å². The maximum atomic E-state index is 9.37. The van der Waals surface area contributed by atoms with Gasteiger partial charge >= 0.3 is 0 Å². The number of anilines is 1. The fraction of sp³-hybridized carbons (Fsp3) is 0.105. The zero-order valence-electron chi connectivity index (χ0n) is 15.3. The number of nitrogens with two attached hydrogens (primary N) is 2. The summed E-state index contributed by atoms with van der Waals surface area (Å²) in [5, 5.41) is 13.8. The molecule has 6 N–H and O–H groups in total. The van der Waals surface area contributed by atoms with Gasteiger partial charge in [-0.3, -0.25) is 4.98 Å². The molecule has 0 bridgehead atoms. The standard InChI is InChI=1S/C19H21N7O2/c1-26(21)16(18(20)15-8-7-13(27)11-23-15)12-24-19-22-10-9-17(25-19)28-14-5-3-2-4-6-14/h2-11,27H,12,20-21H2,1H3,(H,22,24,25)/b18-16-. The van der Waals surface area contributed by atoms with Gasteiger partial charge in [0, 0.05) is 19.3 Å². The van der Waals surface area contributed by atoms with Crippen molar-refractivity contribution >= 4 is 11.6 Å². The molecule has 2 heterocycles. The van der Waals surface area contributed by atoms with E-state index in [-0.39, 0.29) is 12.3 Å². The SMILES string of the molecule is CN(N)/C(CNc1nccc(Oc2ccccc2)n1)=C(\N)c1ccc(O)cn1. The lowest BCUT2D eigenvalue weighted by Crippen LogP contribution is -2.32. The molecule has 0 saturated heterocycles. The highest BCUT2D eigenvalue weighted by molar-refractivity contribution is 5.63. The van der Waals surface area contributed by atoms with E-state index < -0.39 is 0 Å². The van der Waals surface area contributed by atoms with Crippen molar-refractivity contribution in [1.82, 2.24) is 20.0 Å². The lowest BCUT2D eigenvalue weighted by molar-refractivity contribution is 0.437. The highest BCUT2D eigenvalue weighted by atomic mass is 16.5. The van der Waals surface area contributed by atoms with Gasteiger partial charge in [-0.1, -0.05) is 18.2 Å². The lowest BCUT2D eigenvalue weighted by Gasteiger charge is -2.20. The molecule has 0 unspecified atom stereocenters. The maximum absolute atomic E-state index is 9.37. The Labute approximate surface area is 162 Å². The Balaban J connectivity index is 1.74. The van der Waals surface area contributed by atoms with Crippen molar-refractivity contribution in [3.63, 3.8) is 0 Å². The number of ether oxygens (including phenoxy) is 1. The van der Waals surface area contributed by atoms with E-state index >= 15 is 0 Å². The molecule has 2 aromatic heterocycles. The molecule has 0 aliphatic rings. The lowest BCUT2D eigenvalue weighted by atomic mass is 10.2. The van der Waals surface area contributed by atoms with E-state index in [0.717, 1.165) is 0 Å². The highest BCUT2D eigenvalue weighted by Crippen LogP contribution is 2.20. The Morgan fingerprint density at radius 2 is 1.93 bits per heavy atom. The fourth-order valence-corrected chi connectivity index (χ4v) is 2.36. The summed E-state index contributed by atoms with van der Waals surface area (Å²) in [6.45, 7) is 0.260. The third-order valence-corrected chi connectivity index (χ3v) is 3.77. The second-order valence-corrected chi connectivity index (χ2v) is 5.86. The van der Waals surface area contributed by atoms with Crippen LogP contribution in [0.2, 0.25) is 0 Å². The monoisotopic (exact) mass is 379 g/mol. The number of hydrogen-bond donors (Lipinski definition) is 4. The number of hydrogen-bond acceptors (Lipinski definition) is 9. The Bertz CT molecular complexity index is 944. The summed E-state index contributed by atoms with van der Waals surface area (Å²) in [7, 11) is 1.67. The number of hydrazine groups is 1. The van der Waals surface area contributed by atoms with Crippen molar-refractivity contribution in [1.29, 1.82) is 0 Å². The minimum atomic E-state index is 0.0564. The van der Waals surface area contributed by atoms with Crippen molar-refractivity contribution in [2.24, 2.45) is 11.6 Å². The van der Waals surface area contributed by atoms with Crippen LogP contribution in [0, 0.1) is 0 Å². The number of nitrogens with one attached hydrogen (secondary N) is 1. The van der Waals surface area contributed by atoms with Crippen LogP contribution in [-0.4, -0.2) is 38.7 Å². The van der Waals surface area contributed by atoms with Gasteiger partial charge in [-0.25, -0.2) is 10.8 Å². The van der Waals surface area contributed by atoms with Crippen LogP contribution in [0.25, 0.3) is 5.70 Å². The van der Waals surface area contributed by atoms with Gasteiger partial charge in [-0.15, -0.1) is 0 Å². The van der Waals surface area contributed by atoms with Crippen LogP contribution in [0.3, 0.4) is 0 Å². The smallest absolute Gasteiger partial charge is 0.226 e. The zero-order chi connectivity index (χ0) is 19.9. The minimum absolute atomic E-state index is 0.0564. The summed E-state index contributed by atoms with van der Waals surface area (Å²) in [5.41, 5.74) is 7.64. The van der Waals surface area contributed by atoms with Crippen LogP contribution in [-0.2, 0) is 0 Å². The molecule has 0 spiro atoms. The third kappa shape index (κ3) is 4.86. The molecule has 0 fully saturated rings. The van der Waals surface area contributed by atoms with Crippen LogP contribution in [0.1, 0.15) is 5.69 Å². The number of para-hydroxylation sites is 1.